The SMILES string of the molecule is CCCCC(=O)NC[C@H]1O[C@@H](n2ccc(NC(C)=O)nc2=O)[C@H](OC)[C@@H]1OP(OCCC#N)N(C(C)C)C(C)C. The van der Waals surface area contributed by atoms with Gasteiger partial charge < -0.3 is 29.2 Å². The summed E-state index contributed by atoms with van der Waals surface area (Å²) in [6, 6.07) is 3.70. The lowest BCUT2D eigenvalue weighted by Crippen LogP contribution is -2.43. The Morgan fingerprint density at radius 1 is 1.27 bits per heavy atom. The standard InChI is InChI=1S/C26H43N6O7P/c1-8-9-11-22(34)28-16-20-23(39-40(37-15-10-13-27)32(17(2)3)18(4)5)24(36-7)25(38-20)31-14-12-21(29-19(6)33)30-26(31)35/h12,14,17-18,20,23-25H,8-11,15-16H2,1-7H3,(H,28,34)(H,29,30,33,35)/t20-,23-,24-,25-,40?/m1/s1. The summed E-state index contributed by atoms with van der Waals surface area (Å²) in [5.74, 6) is -0.348. The van der Waals surface area contributed by atoms with Crippen molar-refractivity contribution >= 4 is 26.2 Å². The van der Waals surface area contributed by atoms with Crippen LogP contribution in [0.1, 0.15) is 73.5 Å². The quantitative estimate of drug-likeness (QED) is 0.219. The molecule has 224 valence electrons. The Kier molecular flexibility index (Phi) is 14.1. The predicted molar refractivity (Wildman–Crippen MR) is 150 cm³/mol. The number of rotatable bonds is 16. The second-order valence-corrected chi connectivity index (χ2v) is 11.4. The number of nitrogens with zero attached hydrogens (tertiary/aromatic N) is 4. The van der Waals surface area contributed by atoms with Crippen molar-refractivity contribution in [3.63, 3.8) is 0 Å². The summed E-state index contributed by atoms with van der Waals surface area (Å²) in [4.78, 5) is 40.7. The van der Waals surface area contributed by atoms with Crippen LogP contribution in [0.25, 0.3) is 0 Å². The summed E-state index contributed by atoms with van der Waals surface area (Å²) >= 11 is 0. The van der Waals surface area contributed by atoms with Crippen molar-refractivity contribution in [1.82, 2.24) is 19.5 Å². The maximum absolute atomic E-state index is 12.9. The van der Waals surface area contributed by atoms with Crippen LogP contribution < -0.4 is 16.3 Å². The number of amides is 2. The topological polar surface area (TPSA) is 157 Å². The zero-order valence-electron chi connectivity index (χ0n) is 24.5. The first-order valence-electron chi connectivity index (χ1n) is 13.6. The largest absolute Gasteiger partial charge is 0.374 e. The van der Waals surface area contributed by atoms with E-state index in [9.17, 15) is 14.4 Å². The fraction of sp³-hybridized carbons (Fsp3) is 0.731. The molecule has 1 saturated heterocycles. The van der Waals surface area contributed by atoms with E-state index in [0.29, 0.717) is 6.42 Å². The highest BCUT2D eigenvalue weighted by molar-refractivity contribution is 7.44. The van der Waals surface area contributed by atoms with Gasteiger partial charge in [0.1, 0.15) is 24.1 Å². The Labute approximate surface area is 237 Å². The van der Waals surface area contributed by atoms with Crippen molar-refractivity contribution in [3.05, 3.63) is 22.7 Å². The van der Waals surface area contributed by atoms with Crippen molar-refractivity contribution in [3.8, 4) is 6.07 Å². The molecule has 0 spiro atoms. The van der Waals surface area contributed by atoms with Gasteiger partial charge in [0.05, 0.1) is 19.1 Å². The molecule has 1 aromatic heterocycles. The molecule has 2 heterocycles. The molecule has 0 saturated carbocycles. The van der Waals surface area contributed by atoms with Crippen LogP contribution in [-0.4, -0.2) is 76.7 Å². The van der Waals surface area contributed by atoms with E-state index in [1.54, 1.807) is 0 Å². The van der Waals surface area contributed by atoms with Gasteiger partial charge in [0.25, 0.3) is 8.53 Å². The van der Waals surface area contributed by atoms with Crippen LogP contribution in [0.4, 0.5) is 5.82 Å². The van der Waals surface area contributed by atoms with Crippen molar-refractivity contribution in [2.45, 2.75) is 104 Å². The average molecular weight is 583 g/mol. The van der Waals surface area contributed by atoms with Gasteiger partial charge in [-0.05, 0) is 40.2 Å². The Morgan fingerprint density at radius 2 is 1.98 bits per heavy atom. The van der Waals surface area contributed by atoms with Crippen LogP contribution in [0.5, 0.6) is 0 Å². The highest BCUT2D eigenvalue weighted by Gasteiger charge is 2.49. The smallest absolute Gasteiger partial charge is 0.351 e. The fourth-order valence-corrected chi connectivity index (χ4v) is 6.14. The van der Waals surface area contributed by atoms with E-state index in [2.05, 4.69) is 26.4 Å². The van der Waals surface area contributed by atoms with Crippen molar-refractivity contribution in [2.75, 3.05) is 25.6 Å². The van der Waals surface area contributed by atoms with E-state index in [-0.39, 0.29) is 49.3 Å². The van der Waals surface area contributed by atoms with E-state index in [0.717, 1.165) is 12.8 Å². The lowest BCUT2D eigenvalue weighted by atomic mass is 10.1. The summed E-state index contributed by atoms with van der Waals surface area (Å²) in [6.07, 6.45) is 0.582. The molecule has 1 aliphatic heterocycles. The third-order valence-corrected chi connectivity index (χ3v) is 8.23. The van der Waals surface area contributed by atoms with Gasteiger partial charge in [-0.15, -0.1) is 0 Å². The number of methoxy groups -OCH3 is 1. The van der Waals surface area contributed by atoms with Gasteiger partial charge in [0.15, 0.2) is 6.23 Å². The third kappa shape index (κ3) is 9.58. The van der Waals surface area contributed by atoms with Crippen LogP contribution in [0.2, 0.25) is 0 Å². The van der Waals surface area contributed by atoms with Crippen LogP contribution in [0.15, 0.2) is 17.1 Å². The Morgan fingerprint density at radius 3 is 2.52 bits per heavy atom. The first-order valence-corrected chi connectivity index (χ1v) is 14.7. The number of aromatic nitrogens is 2. The van der Waals surface area contributed by atoms with Crippen molar-refractivity contribution in [1.29, 1.82) is 5.26 Å². The number of ether oxygens (including phenoxy) is 2. The number of nitrogens with one attached hydrogen (secondary N) is 2. The molecule has 0 radical (unpaired) electrons. The Bertz CT molecular complexity index is 1050. The molecule has 14 heteroatoms. The summed E-state index contributed by atoms with van der Waals surface area (Å²) in [5.41, 5.74) is -0.650. The molecule has 2 rings (SSSR count). The van der Waals surface area contributed by atoms with Crippen molar-refractivity contribution < 1.29 is 28.1 Å². The van der Waals surface area contributed by atoms with E-state index in [4.69, 9.17) is 23.8 Å². The Hall–Kier alpha value is -2.46. The third-order valence-electron chi connectivity index (χ3n) is 6.10. The lowest BCUT2D eigenvalue weighted by molar-refractivity contribution is -0.122. The molecule has 13 nitrogen and oxygen atoms in total. The maximum Gasteiger partial charge on any atom is 0.351 e. The van der Waals surface area contributed by atoms with Crippen LogP contribution in [0.3, 0.4) is 0 Å². The van der Waals surface area contributed by atoms with E-state index >= 15 is 0 Å². The maximum atomic E-state index is 12.9. The first kappa shape index (κ1) is 33.7. The minimum Gasteiger partial charge on any atom is -0.374 e. The zero-order valence-corrected chi connectivity index (χ0v) is 25.3. The molecule has 40 heavy (non-hydrogen) atoms. The number of hydrogen-bond donors (Lipinski definition) is 2. The van der Waals surface area contributed by atoms with E-state index in [1.807, 2.05) is 34.6 Å². The molecule has 0 aliphatic carbocycles. The second-order valence-electron chi connectivity index (χ2n) is 9.97. The first-order chi connectivity index (χ1) is 19.0. The average Bonchev–Trinajstić information content (AvgIpc) is 3.22. The summed E-state index contributed by atoms with van der Waals surface area (Å²) in [6.45, 7) is 11.8. The molecule has 0 aromatic carbocycles. The van der Waals surface area contributed by atoms with Crippen LogP contribution in [-0.2, 0) is 28.1 Å². The number of anilines is 1. The van der Waals surface area contributed by atoms with Gasteiger partial charge in [-0.2, -0.15) is 10.2 Å². The number of carbonyl (C=O) groups is 2. The molecule has 1 unspecified atom stereocenters. The number of nitriles is 1. The molecule has 5 atom stereocenters. The predicted octanol–water partition coefficient (Wildman–Crippen LogP) is 3.08. The monoisotopic (exact) mass is 582 g/mol. The van der Waals surface area contributed by atoms with Gasteiger partial charge in [-0.3, -0.25) is 14.2 Å². The Balaban J connectivity index is 2.43. The van der Waals surface area contributed by atoms with Gasteiger partial charge >= 0.3 is 5.69 Å². The van der Waals surface area contributed by atoms with Gasteiger partial charge in [-0.25, -0.2) is 9.46 Å². The molecule has 0 bridgehead atoms. The number of carbonyl (C=O) groups excluding carboxylic acids is 2. The highest BCUT2D eigenvalue weighted by Crippen LogP contribution is 2.50. The van der Waals surface area contributed by atoms with Gasteiger partial charge in [0.2, 0.25) is 11.8 Å². The fourth-order valence-electron chi connectivity index (χ4n) is 4.37. The summed E-state index contributed by atoms with van der Waals surface area (Å²) < 4.78 is 28.2. The number of hydrogen-bond acceptors (Lipinski definition) is 10. The minimum atomic E-state index is -1.67. The molecule has 1 fully saturated rings. The van der Waals surface area contributed by atoms with Crippen LogP contribution >= 0.6 is 8.53 Å². The number of unbranched alkanes of at least 4 members (excludes halogenated alkanes) is 1. The minimum absolute atomic E-state index is 0.0626. The van der Waals surface area contributed by atoms with Crippen molar-refractivity contribution in [2.24, 2.45) is 0 Å². The van der Waals surface area contributed by atoms with E-state index < -0.39 is 38.8 Å². The zero-order chi connectivity index (χ0) is 29.8. The highest BCUT2D eigenvalue weighted by atomic mass is 31.2. The summed E-state index contributed by atoms with van der Waals surface area (Å²) in [7, 11) is -0.180. The normalized spacial score (nSPS) is 21.5. The molecule has 1 aliphatic rings. The van der Waals surface area contributed by atoms with Gasteiger partial charge in [0, 0.05) is 45.3 Å². The molecular weight excluding hydrogens is 539 g/mol. The van der Waals surface area contributed by atoms with E-state index in [1.165, 1.54) is 30.9 Å². The second kappa shape index (κ2) is 16.7. The molecule has 2 amide bonds. The lowest BCUT2D eigenvalue weighted by Gasteiger charge is -2.38. The van der Waals surface area contributed by atoms with Gasteiger partial charge in [-0.1, -0.05) is 13.3 Å². The molecule has 1 aromatic rings. The molecular formula is C26H43N6O7P. The summed E-state index contributed by atoms with van der Waals surface area (Å²) in [5, 5.41) is 14.5. The molecule has 2 N–H and O–H groups in total. The van der Waals surface area contributed by atoms with Crippen LogP contribution in [0, 0.1) is 11.3 Å².